The highest BCUT2D eigenvalue weighted by Crippen LogP contribution is 2.31. The molecule has 0 saturated carbocycles. The van der Waals surface area contributed by atoms with Crippen LogP contribution in [0.3, 0.4) is 0 Å². The molecular weight excluding hydrogens is 352 g/mol. The number of thioether (sulfide) groups is 1. The standard InChI is InChI=1S/C19H28N2O4S/c1-19(2,3)25-18(23)21-15(10-12-26-4)17(22)20-14-9-11-24-16-8-6-5-7-13(14)16/h5-8,14-15H,9-12H2,1-4H3,(H,20,22)(H,21,23). The van der Waals surface area contributed by atoms with Crippen LogP contribution in [0.5, 0.6) is 5.75 Å². The van der Waals surface area contributed by atoms with Gasteiger partial charge in [-0.1, -0.05) is 18.2 Å². The summed E-state index contributed by atoms with van der Waals surface area (Å²) in [6.07, 6.45) is 2.63. The number of ether oxygens (including phenoxy) is 2. The summed E-state index contributed by atoms with van der Waals surface area (Å²) in [7, 11) is 0. The van der Waals surface area contributed by atoms with Gasteiger partial charge in [0.05, 0.1) is 12.6 Å². The third-order valence-electron chi connectivity index (χ3n) is 3.89. The zero-order valence-electron chi connectivity index (χ0n) is 15.8. The normalized spacial score (nSPS) is 17.5. The first kappa shape index (κ1) is 20.4. The first-order valence-electron chi connectivity index (χ1n) is 8.80. The summed E-state index contributed by atoms with van der Waals surface area (Å²) in [6, 6.07) is 6.94. The van der Waals surface area contributed by atoms with E-state index >= 15 is 0 Å². The number of carbonyl (C=O) groups excluding carboxylic acids is 2. The second-order valence-electron chi connectivity index (χ2n) is 7.22. The van der Waals surface area contributed by atoms with Gasteiger partial charge in [-0.2, -0.15) is 11.8 Å². The van der Waals surface area contributed by atoms with Crippen LogP contribution >= 0.6 is 11.8 Å². The first-order valence-corrected chi connectivity index (χ1v) is 10.2. The fourth-order valence-electron chi connectivity index (χ4n) is 2.72. The maximum atomic E-state index is 12.8. The number of rotatable bonds is 6. The number of hydrogen-bond donors (Lipinski definition) is 2. The molecule has 1 aliphatic heterocycles. The maximum Gasteiger partial charge on any atom is 0.408 e. The molecule has 144 valence electrons. The topological polar surface area (TPSA) is 76.7 Å². The van der Waals surface area contributed by atoms with Crippen molar-refractivity contribution in [2.24, 2.45) is 0 Å². The lowest BCUT2D eigenvalue weighted by molar-refractivity contribution is -0.124. The summed E-state index contributed by atoms with van der Waals surface area (Å²) in [5.41, 5.74) is 0.359. The minimum atomic E-state index is -0.632. The highest BCUT2D eigenvalue weighted by atomic mass is 32.2. The highest BCUT2D eigenvalue weighted by Gasteiger charge is 2.28. The van der Waals surface area contributed by atoms with E-state index in [0.717, 1.165) is 17.1 Å². The Morgan fingerprint density at radius 2 is 2.08 bits per heavy atom. The third kappa shape index (κ3) is 6.12. The number of hydrogen-bond acceptors (Lipinski definition) is 5. The SMILES string of the molecule is CSCCC(NC(=O)OC(C)(C)C)C(=O)NC1CCOc2ccccc21. The molecule has 2 unspecified atom stereocenters. The van der Waals surface area contributed by atoms with Crippen LogP contribution in [0, 0.1) is 0 Å². The summed E-state index contributed by atoms with van der Waals surface area (Å²) in [6.45, 7) is 5.93. The summed E-state index contributed by atoms with van der Waals surface area (Å²) >= 11 is 1.63. The molecule has 26 heavy (non-hydrogen) atoms. The molecule has 2 atom stereocenters. The van der Waals surface area contributed by atoms with Crippen molar-refractivity contribution in [2.45, 2.75) is 51.3 Å². The van der Waals surface area contributed by atoms with Crippen LogP contribution in [0.2, 0.25) is 0 Å². The molecule has 1 heterocycles. The second-order valence-corrected chi connectivity index (χ2v) is 8.20. The molecular formula is C19H28N2O4S. The maximum absolute atomic E-state index is 12.8. The lowest BCUT2D eigenvalue weighted by atomic mass is 10.00. The molecule has 6 nitrogen and oxygen atoms in total. The van der Waals surface area contributed by atoms with Crippen molar-refractivity contribution in [3.05, 3.63) is 29.8 Å². The van der Waals surface area contributed by atoms with E-state index in [4.69, 9.17) is 9.47 Å². The Bertz CT molecular complexity index is 630. The summed E-state index contributed by atoms with van der Waals surface area (Å²) in [5.74, 6) is 1.36. The number of amides is 2. The van der Waals surface area contributed by atoms with E-state index in [1.165, 1.54) is 0 Å². The van der Waals surface area contributed by atoms with E-state index in [1.54, 1.807) is 32.5 Å². The summed E-state index contributed by atoms with van der Waals surface area (Å²) in [5, 5.41) is 5.76. The van der Waals surface area contributed by atoms with Crippen molar-refractivity contribution in [1.82, 2.24) is 10.6 Å². The van der Waals surface area contributed by atoms with Crippen LogP contribution in [-0.2, 0) is 9.53 Å². The number of alkyl carbamates (subject to hydrolysis) is 1. The third-order valence-corrected chi connectivity index (χ3v) is 4.54. The number of carbonyl (C=O) groups is 2. The quantitative estimate of drug-likeness (QED) is 0.792. The van der Waals surface area contributed by atoms with E-state index < -0.39 is 17.7 Å². The van der Waals surface area contributed by atoms with E-state index in [0.29, 0.717) is 19.4 Å². The summed E-state index contributed by atoms with van der Waals surface area (Å²) in [4.78, 5) is 24.9. The lowest BCUT2D eigenvalue weighted by Crippen LogP contribution is -2.49. The van der Waals surface area contributed by atoms with Gasteiger partial charge in [0.2, 0.25) is 5.91 Å². The van der Waals surface area contributed by atoms with Crippen LogP contribution < -0.4 is 15.4 Å². The fraction of sp³-hybridized carbons (Fsp3) is 0.579. The summed E-state index contributed by atoms with van der Waals surface area (Å²) < 4.78 is 10.9. The van der Waals surface area contributed by atoms with Crippen LogP contribution in [0.25, 0.3) is 0 Å². The second kappa shape index (κ2) is 9.16. The molecule has 1 aliphatic rings. The van der Waals surface area contributed by atoms with Gasteiger partial charge in [0.25, 0.3) is 0 Å². The number of nitrogens with one attached hydrogen (secondary N) is 2. The lowest BCUT2D eigenvalue weighted by Gasteiger charge is -2.29. The van der Waals surface area contributed by atoms with Crippen molar-refractivity contribution in [3.8, 4) is 5.75 Å². The van der Waals surface area contributed by atoms with Gasteiger partial charge >= 0.3 is 6.09 Å². The molecule has 0 aromatic heterocycles. The average molecular weight is 381 g/mol. The molecule has 0 bridgehead atoms. The van der Waals surface area contributed by atoms with Crippen molar-refractivity contribution in [3.63, 3.8) is 0 Å². The largest absolute Gasteiger partial charge is 0.493 e. The minimum Gasteiger partial charge on any atom is -0.493 e. The van der Waals surface area contributed by atoms with Crippen LogP contribution in [0.1, 0.15) is 45.2 Å². The smallest absolute Gasteiger partial charge is 0.408 e. The Hall–Kier alpha value is -1.89. The van der Waals surface area contributed by atoms with Crippen LogP contribution in [-0.4, -0.2) is 42.3 Å². The molecule has 0 fully saturated rings. The molecule has 0 spiro atoms. The predicted molar refractivity (Wildman–Crippen MR) is 104 cm³/mol. The Balaban J connectivity index is 2.04. The predicted octanol–water partition coefficient (Wildman–Crippen LogP) is 3.27. The van der Waals surface area contributed by atoms with Gasteiger partial charge in [0.15, 0.2) is 0 Å². The van der Waals surface area contributed by atoms with E-state index in [2.05, 4.69) is 10.6 Å². The van der Waals surface area contributed by atoms with Gasteiger partial charge in [0, 0.05) is 12.0 Å². The molecule has 0 aliphatic carbocycles. The van der Waals surface area contributed by atoms with Gasteiger partial charge in [-0.3, -0.25) is 4.79 Å². The Kier molecular flexibility index (Phi) is 7.20. The van der Waals surface area contributed by atoms with Crippen LogP contribution in [0.4, 0.5) is 4.79 Å². The van der Waals surface area contributed by atoms with E-state index in [1.807, 2.05) is 30.5 Å². The Labute approximate surface area is 159 Å². The zero-order valence-corrected chi connectivity index (χ0v) is 16.7. The molecule has 1 aromatic carbocycles. The molecule has 1 aromatic rings. The van der Waals surface area contributed by atoms with Crippen molar-refractivity contribution in [1.29, 1.82) is 0 Å². The van der Waals surface area contributed by atoms with Crippen molar-refractivity contribution >= 4 is 23.8 Å². The van der Waals surface area contributed by atoms with Crippen LogP contribution in [0.15, 0.2) is 24.3 Å². The monoisotopic (exact) mass is 380 g/mol. The van der Waals surface area contributed by atoms with Gasteiger partial charge in [0.1, 0.15) is 17.4 Å². The van der Waals surface area contributed by atoms with Gasteiger partial charge in [-0.25, -0.2) is 4.79 Å². The number of fused-ring (bicyclic) bond motifs is 1. The molecule has 0 saturated heterocycles. The molecule has 0 radical (unpaired) electrons. The van der Waals surface area contributed by atoms with E-state index in [-0.39, 0.29) is 11.9 Å². The fourth-order valence-corrected chi connectivity index (χ4v) is 3.19. The highest BCUT2D eigenvalue weighted by molar-refractivity contribution is 7.98. The Morgan fingerprint density at radius 1 is 1.35 bits per heavy atom. The van der Waals surface area contributed by atoms with E-state index in [9.17, 15) is 9.59 Å². The van der Waals surface area contributed by atoms with Crippen molar-refractivity contribution < 1.29 is 19.1 Å². The first-order chi connectivity index (χ1) is 12.3. The molecule has 2 rings (SSSR count). The van der Waals surface area contributed by atoms with Gasteiger partial charge in [-0.15, -0.1) is 0 Å². The average Bonchev–Trinajstić information content (AvgIpc) is 2.57. The van der Waals surface area contributed by atoms with Gasteiger partial charge in [-0.05, 0) is 45.3 Å². The number of para-hydroxylation sites is 1. The molecule has 2 N–H and O–H groups in total. The van der Waals surface area contributed by atoms with Gasteiger partial charge < -0.3 is 20.1 Å². The Morgan fingerprint density at radius 3 is 2.77 bits per heavy atom. The minimum absolute atomic E-state index is 0.121. The number of benzene rings is 1. The molecule has 7 heteroatoms. The van der Waals surface area contributed by atoms with Crippen molar-refractivity contribution in [2.75, 3.05) is 18.6 Å². The molecule has 2 amide bonds. The zero-order chi connectivity index (χ0) is 19.2.